The van der Waals surface area contributed by atoms with Crippen LogP contribution in [0.15, 0.2) is 24.3 Å². The lowest BCUT2D eigenvalue weighted by Crippen LogP contribution is -2.35. The van der Waals surface area contributed by atoms with Gasteiger partial charge in [-0.05, 0) is 36.5 Å². The van der Waals surface area contributed by atoms with Gasteiger partial charge in [0.2, 0.25) is 0 Å². The molecule has 2 atom stereocenters. The monoisotopic (exact) mass is 246 g/mol. The molecule has 1 aromatic rings. The van der Waals surface area contributed by atoms with Gasteiger partial charge in [0.25, 0.3) is 0 Å². The van der Waals surface area contributed by atoms with Crippen molar-refractivity contribution in [2.45, 2.75) is 45.4 Å². The third kappa shape index (κ3) is 2.29. The first-order valence-corrected chi connectivity index (χ1v) is 6.75. The van der Waals surface area contributed by atoms with Crippen LogP contribution in [0.25, 0.3) is 0 Å². The number of hydrogen-bond acceptors (Lipinski definition) is 2. The second-order valence-corrected chi connectivity index (χ2v) is 5.54. The van der Waals surface area contributed by atoms with Crippen LogP contribution in [-0.4, -0.2) is 12.9 Å². The Labute approximate surface area is 109 Å². The zero-order valence-corrected chi connectivity index (χ0v) is 11.5. The summed E-state index contributed by atoms with van der Waals surface area (Å²) < 4.78 is 5.17. The molecule has 1 aromatic carbocycles. The van der Waals surface area contributed by atoms with Crippen LogP contribution in [0.1, 0.15) is 51.0 Å². The Bertz CT molecular complexity index is 421. The van der Waals surface area contributed by atoms with E-state index >= 15 is 0 Å². The number of ether oxygens (including phenoxy) is 1. The highest BCUT2D eigenvalue weighted by atomic mass is 16.5. The molecule has 1 aliphatic carbocycles. The average molecular weight is 246 g/mol. The SMILES string of the molecule is COc1ccc(C(C)C2(C)CCCCC2=O)cc1. The van der Waals surface area contributed by atoms with Crippen molar-refractivity contribution in [3.05, 3.63) is 29.8 Å². The maximum absolute atomic E-state index is 12.2. The minimum atomic E-state index is -0.188. The van der Waals surface area contributed by atoms with Crippen LogP contribution in [0.3, 0.4) is 0 Å². The van der Waals surface area contributed by atoms with E-state index in [0.29, 0.717) is 5.78 Å². The fourth-order valence-corrected chi connectivity index (χ4v) is 2.92. The van der Waals surface area contributed by atoms with Gasteiger partial charge in [0, 0.05) is 11.8 Å². The number of methoxy groups -OCH3 is 1. The Hall–Kier alpha value is -1.31. The van der Waals surface area contributed by atoms with E-state index in [2.05, 4.69) is 26.0 Å². The van der Waals surface area contributed by atoms with Crippen molar-refractivity contribution < 1.29 is 9.53 Å². The molecule has 0 aliphatic heterocycles. The van der Waals surface area contributed by atoms with Gasteiger partial charge in [-0.2, -0.15) is 0 Å². The molecule has 2 heteroatoms. The number of ketones is 1. The first-order chi connectivity index (χ1) is 8.58. The molecule has 2 nitrogen and oxygen atoms in total. The third-order valence-corrected chi connectivity index (χ3v) is 4.56. The summed E-state index contributed by atoms with van der Waals surface area (Å²) in [5, 5.41) is 0. The molecule has 2 unspecified atom stereocenters. The van der Waals surface area contributed by atoms with Crippen molar-refractivity contribution >= 4 is 5.78 Å². The van der Waals surface area contributed by atoms with Gasteiger partial charge in [-0.25, -0.2) is 0 Å². The molecule has 0 amide bonds. The Morgan fingerprint density at radius 2 is 1.89 bits per heavy atom. The lowest BCUT2D eigenvalue weighted by Gasteiger charge is -2.37. The average Bonchev–Trinajstić information content (AvgIpc) is 2.41. The molecule has 1 aliphatic rings. The lowest BCUT2D eigenvalue weighted by atomic mass is 9.65. The third-order valence-electron chi connectivity index (χ3n) is 4.56. The van der Waals surface area contributed by atoms with E-state index < -0.39 is 0 Å². The van der Waals surface area contributed by atoms with Crippen LogP contribution >= 0.6 is 0 Å². The van der Waals surface area contributed by atoms with Crippen LogP contribution in [0.5, 0.6) is 5.75 Å². The smallest absolute Gasteiger partial charge is 0.139 e. The molecule has 0 spiro atoms. The molecule has 0 bridgehead atoms. The predicted octanol–water partition coefficient (Wildman–Crippen LogP) is 3.95. The van der Waals surface area contributed by atoms with Crippen LogP contribution in [0.4, 0.5) is 0 Å². The Balaban J connectivity index is 2.23. The van der Waals surface area contributed by atoms with Crippen molar-refractivity contribution in [2.24, 2.45) is 5.41 Å². The highest BCUT2D eigenvalue weighted by molar-refractivity contribution is 5.86. The van der Waals surface area contributed by atoms with E-state index in [1.165, 1.54) is 12.0 Å². The summed E-state index contributed by atoms with van der Waals surface area (Å²) in [5.41, 5.74) is 1.04. The summed E-state index contributed by atoms with van der Waals surface area (Å²) >= 11 is 0. The van der Waals surface area contributed by atoms with Gasteiger partial charge in [-0.3, -0.25) is 4.79 Å². The Kier molecular flexibility index (Phi) is 3.74. The lowest BCUT2D eigenvalue weighted by molar-refractivity contribution is -0.131. The molecule has 0 radical (unpaired) electrons. The van der Waals surface area contributed by atoms with E-state index in [1.54, 1.807) is 7.11 Å². The fourth-order valence-electron chi connectivity index (χ4n) is 2.92. The molecule has 0 aromatic heterocycles. The minimum absolute atomic E-state index is 0.188. The maximum atomic E-state index is 12.2. The molecule has 0 heterocycles. The van der Waals surface area contributed by atoms with E-state index in [9.17, 15) is 4.79 Å². The minimum Gasteiger partial charge on any atom is -0.497 e. The largest absolute Gasteiger partial charge is 0.497 e. The maximum Gasteiger partial charge on any atom is 0.139 e. The highest BCUT2D eigenvalue weighted by Crippen LogP contribution is 2.44. The molecule has 2 rings (SSSR count). The number of Topliss-reactive ketones (excluding diaryl/α,β-unsaturated/α-hetero) is 1. The van der Waals surface area contributed by atoms with Crippen LogP contribution in [0, 0.1) is 5.41 Å². The van der Waals surface area contributed by atoms with Crippen LogP contribution in [0.2, 0.25) is 0 Å². The van der Waals surface area contributed by atoms with Gasteiger partial charge < -0.3 is 4.74 Å². The van der Waals surface area contributed by atoms with E-state index in [0.717, 1.165) is 25.0 Å². The zero-order chi connectivity index (χ0) is 13.2. The van der Waals surface area contributed by atoms with E-state index in [-0.39, 0.29) is 11.3 Å². The quantitative estimate of drug-likeness (QED) is 0.807. The number of rotatable bonds is 3. The Morgan fingerprint density at radius 1 is 1.22 bits per heavy atom. The van der Waals surface area contributed by atoms with Gasteiger partial charge in [-0.1, -0.05) is 32.4 Å². The van der Waals surface area contributed by atoms with Crippen molar-refractivity contribution in [3.8, 4) is 5.75 Å². The molecule has 18 heavy (non-hydrogen) atoms. The van der Waals surface area contributed by atoms with Gasteiger partial charge >= 0.3 is 0 Å². The summed E-state index contributed by atoms with van der Waals surface area (Å²) in [6.45, 7) is 4.30. The second kappa shape index (κ2) is 5.13. The fraction of sp³-hybridized carbons (Fsp3) is 0.562. The summed E-state index contributed by atoms with van der Waals surface area (Å²) in [6.07, 6.45) is 3.99. The van der Waals surface area contributed by atoms with E-state index in [1.807, 2.05) is 12.1 Å². The summed E-state index contributed by atoms with van der Waals surface area (Å²) in [5.74, 6) is 1.57. The van der Waals surface area contributed by atoms with Gasteiger partial charge in [0.15, 0.2) is 0 Å². The summed E-state index contributed by atoms with van der Waals surface area (Å²) in [6, 6.07) is 8.11. The number of hydrogen-bond donors (Lipinski definition) is 0. The number of benzene rings is 1. The molecule has 1 saturated carbocycles. The van der Waals surface area contributed by atoms with E-state index in [4.69, 9.17) is 4.74 Å². The van der Waals surface area contributed by atoms with Crippen LogP contribution in [-0.2, 0) is 4.79 Å². The number of carbonyl (C=O) groups is 1. The van der Waals surface area contributed by atoms with Crippen molar-refractivity contribution in [1.82, 2.24) is 0 Å². The normalized spacial score (nSPS) is 25.8. The molecule has 0 saturated heterocycles. The Morgan fingerprint density at radius 3 is 2.44 bits per heavy atom. The van der Waals surface area contributed by atoms with Crippen molar-refractivity contribution in [2.75, 3.05) is 7.11 Å². The molecule has 1 fully saturated rings. The predicted molar refractivity (Wildman–Crippen MR) is 73.0 cm³/mol. The van der Waals surface area contributed by atoms with Gasteiger partial charge in [-0.15, -0.1) is 0 Å². The van der Waals surface area contributed by atoms with Gasteiger partial charge in [0.05, 0.1) is 7.11 Å². The second-order valence-electron chi connectivity index (χ2n) is 5.54. The van der Waals surface area contributed by atoms with Crippen LogP contribution < -0.4 is 4.74 Å². The first-order valence-electron chi connectivity index (χ1n) is 6.75. The van der Waals surface area contributed by atoms with Crippen molar-refractivity contribution in [3.63, 3.8) is 0 Å². The highest BCUT2D eigenvalue weighted by Gasteiger charge is 2.40. The molecule has 0 N–H and O–H groups in total. The molecular formula is C16H22O2. The molecule has 98 valence electrons. The number of carbonyl (C=O) groups excluding carboxylic acids is 1. The summed E-state index contributed by atoms with van der Waals surface area (Å²) in [4.78, 5) is 12.2. The standard InChI is InChI=1S/C16H22O2/c1-12(13-7-9-14(18-3)10-8-13)16(2)11-5-4-6-15(16)17/h7-10,12H,4-6,11H2,1-3H3. The van der Waals surface area contributed by atoms with Gasteiger partial charge in [0.1, 0.15) is 11.5 Å². The zero-order valence-electron chi connectivity index (χ0n) is 11.5. The first kappa shape index (κ1) is 13.1. The van der Waals surface area contributed by atoms with Crippen molar-refractivity contribution in [1.29, 1.82) is 0 Å². The summed E-state index contributed by atoms with van der Waals surface area (Å²) in [7, 11) is 1.67. The molecular weight excluding hydrogens is 224 g/mol. The topological polar surface area (TPSA) is 26.3 Å².